The zero-order chi connectivity index (χ0) is 8.98. The van der Waals surface area contributed by atoms with Crippen LogP contribution >= 0.6 is 0 Å². The van der Waals surface area contributed by atoms with Crippen LogP contribution in [0.5, 0.6) is 0 Å². The van der Waals surface area contributed by atoms with Gasteiger partial charge in [-0.05, 0) is 43.9 Å². The van der Waals surface area contributed by atoms with Crippen LogP contribution in [0, 0.1) is 17.3 Å². The number of hydrogen-bond donors (Lipinski definition) is 1. The van der Waals surface area contributed by atoms with Gasteiger partial charge in [0.05, 0.1) is 0 Å². The van der Waals surface area contributed by atoms with Crippen LogP contribution in [0.25, 0.3) is 0 Å². The van der Waals surface area contributed by atoms with Gasteiger partial charge in [-0.2, -0.15) is 0 Å². The van der Waals surface area contributed by atoms with Gasteiger partial charge < -0.3 is 5.32 Å². The summed E-state index contributed by atoms with van der Waals surface area (Å²) < 4.78 is 0. The Labute approximate surface area is 75.9 Å². The zero-order valence-corrected chi connectivity index (χ0v) is 8.78. The third-order valence-corrected chi connectivity index (χ3v) is 4.61. The van der Waals surface area contributed by atoms with Gasteiger partial charge in [-0.25, -0.2) is 0 Å². The average molecular weight is 167 g/mol. The molecule has 0 amide bonds. The molecule has 3 atom stereocenters. The Morgan fingerprint density at radius 3 is 2.42 bits per heavy atom. The molecule has 2 rings (SSSR count). The quantitative estimate of drug-likeness (QED) is 0.584. The number of hydrogen-bond acceptors (Lipinski definition) is 1. The van der Waals surface area contributed by atoms with Crippen molar-refractivity contribution in [3.05, 3.63) is 0 Å². The Hall–Kier alpha value is -0.0400. The topological polar surface area (TPSA) is 12.0 Å². The zero-order valence-electron chi connectivity index (χ0n) is 8.78. The van der Waals surface area contributed by atoms with Crippen LogP contribution in [-0.4, -0.2) is 12.1 Å². The summed E-state index contributed by atoms with van der Waals surface area (Å²) in [5.41, 5.74) is 0.975. The third kappa shape index (κ3) is 0.891. The van der Waals surface area contributed by atoms with E-state index in [4.69, 9.17) is 0 Å². The fraction of sp³-hybridized carbons (Fsp3) is 1.00. The summed E-state index contributed by atoms with van der Waals surface area (Å²) in [6.45, 7) is 10.8. The van der Waals surface area contributed by atoms with Crippen molar-refractivity contribution in [1.82, 2.24) is 5.32 Å². The highest BCUT2D eigenvalue weighted by Gasteiger charge is 2.55. The number of rotatable bonds is 0. The van der Waals surface area contributed by atoms with Crippen molar-refractivity contribution in [2.45, 2.75) is 46.1 Å². The lowest BCUT2D eigenvalue weighted by molar-refractivity contribution is 0.193. The normalized spacial score (nSPS) is 51.0. The molecule has 1 saturated carbocycles. The highest BCUT2D eigenvalue weighted by molar-refractivity contribution is 5.09. The monoisotopic (exact) mass is 167 g/mol. The summed E-state index contributed by atoms with van der Waals surface area (Å²) >= 11 is 0. The first-order valence-corrected chi connectivity index (χ1v) is 5.22. The molecule has 12 heavy (non-hydrogen) atoms. The van der Waals surface area contributed by atoms with Gasteiger partial charge in [0.1, 0.15) is 0 Å². The minimum absolute atomic E-state index is 0.388. The molecule has 1 aliphatic heterocycles. The van der Waals surface area contributed by atoms with Crippen molar-refractivity contribution >= 4 is 0 Å². The molecule has 2 fully saturated rings. The summed E-state index contributed by atoms with van der Waals surface area (Å²) in [5.74, 6) is 1.82. The van der Waals surface area contributed by atoms with Crippen LogP contribution in [0.1, 0.15) is 40.5 Å². The number of nitrogens with one attached hydrogen (secondary N) is 1. The van der Waals surface area contributed by atoms with Crippen LogP contribution in [0.2, 0.25) is 0 Å². The highest BCUT2D eigenvalue weighted by Crippen LogP contribution is 2.54. The van der Waals surface area contributed by atoms with Crippen molar-refractivity contribution < 1.29 is 0 Å². The van der Waals surface area contributed by atoms with Gasteiger partial charge in [0.2, 0.25) is 0 Å². The van der Waals surface area contributed by atoms with E-state index in [-0.39, 0.29) is 0 Å². The lowest BCUT2D eigenvalue weighted by Gasteiger charge is -2.32. The molecule has 70 valence electrons. The summed E-state index contributed by atoms with van der Waals surface area (Å²) in [4.78, 5) is 0. The summed E-state index contributed by atoms with van der Waals surface area (Å²) in [6, 6.07) is 0. The molecule has 0 spiro atoms. The van der Waals surface area contributed by atoms with Gasteiger partial charge in [0.25, 0.3) is 0 Å². The predicted molar refractivity (Wildman–Crippen MR) is 52.1 cm³/mol. The van der Waals surface area contributed by atoms with Gasteiger partial charge in [-0.3, -0.25) is 0 Å². The molecule has 1 saturated heterocycles. The minimum Gasteiger partial charge on any atom is -0.311 e. The van der Waals surface area contributed by atoms with Crippen LogP contribution in [0.15, 0.2) is 0 Å². The van der Waals surface area contributed by atoms with E-state index in [1.54, 1.807) is 0 Å². The molecule has 3 unspecified atom stereocenters. The van der Waals surface area contributed by atoms with E-state index in [0.717, 1.165) is 11.8 Å². The molecule has 0 aromatic rings. The van der Waals surface area contributed by atoms with Gasteiger partial charge in [0, 0.05) is 12.1 Å². The van der Waals surface area contributed by atoms with Crippen molar-refractivity contribution in [3.63, 3.8) is 0 Å². The Bertz CT molecular complexity index is 197. The first kappa shape index (κ1) is 8.55. The van der Waals surface area contributed by atoms with Gasteiger partial charge in [-0.15, -0.1) is 0 Å². The third-order valence-electron chi connectivity index (χ3n) is 4.61. The minimum atomic E-state index is 0.388. The molecule has 1 aliphatic carbocycles. The average Bonchev–Trinajstić information content (AvgIpc) is 2.37. The number of fused-ring (bicyclic) bond motifs is 1. The SMILES string of the molecule is CC1CCC2C(C)(C)NCC12C. The van der Waals surface area contributed by atoms with E-state index in [1.807, 2.05) is 0 Å². The van der Waals surface area contributed by atoms with Crippen LogP contribution < -0.4 is 5.32 Å². The first-order valence-electron chi connectivity index (χ1n) is 5.22. The van der Waals surface area contributed by atoms with Gasteiger partial charge >= 0.3 is 0 Å². The molecular weight excluding hydrogens is 146 g/mol. The molecular formula is C11H21N. The van der Waals surface area contributed by atoms with Gasteiger partial charge in [0.15, 0.2) is 0 Å². The largest absolute Gasteiger partial charge is 0.311 e. The lowest BCUT2D eigenvalue weighted by Crippen LogP contribution is -2.38. The molecule has 0 radical (unpaired) electrons. The molecule has 1 heterocycles. The van der Waals surface area contributed by atoms with E-state index in [1.165, 1.54) is 19.4 Å². The molecule has 1 N–H and O–H groups in total. The lowest BCUT2D eigenvalue weighted by atomic mass is 9.71. The summed E-state index contributed by atoms with van der Waals surface area (Å²) in [5, 5.41) is 3.67. The molecule has 0 aromatic carbocycles. The van der Waals surface area contributed by atoms with Gasteiger partial charge in [-0.1, -0.05) is 13.8 Å². The second-order valence-electron chi connectivity index (χ2n) is 5.61. The Kier molecular flexibility index (Phi) is 1.61. The van der Waals surface area contributed by atoms with Crippen LogP contribution in [0.3, 0.4) is 0 Å². The highest BCUT2D eigenvalue weighted by atomic mass is 15.0. The smallest absolute Gasteiger partial charge is 0.0159 e. The van der Waals surface area contributed by atoms with E-state index >= 15 is 0 Å². The van der Waals surface area contributed by atoms with E-state index in [2.05, 4.69) is 33.0 Å². The molecule has 0 bridgehead atoms. The van der Waals surface area contributed by atoms with E-state index in [0.29, 0.717) is 11.0 Å². The Morgan fingerprint density at radius 1 is 1.17 bits per heavy atom. The van der Waals surface area contributed by atoms with Crippen molar-refractivity contribution in [2.75, 3.05) is 6.54 Å². The van der Waals surface area contributed by atoms with Crippen LogP contribution in [-0.2, 0) is 0 Å². The molecule has 2 aliphatic rings. The Morgan fingerprint density at radius 2 is 1.83 bits per heavy atom. The maximum absolute atomic E-state index is 3.67. The van der Waals surface area contributed by atoms with Crippen molar-refractivity contribution in [3.8, 4) is 0 Å². The standard InChI is InChI=1S/C11H21N/c1-8-5-6-9-10(2,3)12-7-11(8,9)4/h8-9,12H,5-7H2,1-4H3. The summed E-state index contributed by atoms with van der Waals surface area (Å²) in [6.07, 6.45) is 2.87. The first-order chi connectivity index (χ1) is 5.47. The van der Waals surface area contributed by atoms with E-state index < -0.39 is 0 Å². The molecule has 0 aromatic heterocycles. The summed E-state index contributed by atoms with van der Waals surface area (Å²) in [7, 11) is 0. The van der Waals surface area contributed by atoms with Crippen molar-refractivity contribution in [1.29, 1.82) is 0 Å². The maximum atomic E-state index is 3.67. The van der Waals surface area contributed by atoms with E-state index in [9.17, 15) is 0 Å². The predicted octanol–water partition coefficient (Wildman–Crippen LogP) is 2.42. The Balaban J connectivity index is 2.29. The van der Waals surface area contributed by atoms with Crippen molar-refractivity contribution in [2.24, 2.45) is 17.3 Å². The fourth-order valence-corrected chi connectivity index (χ4v) is 3.44. The second kappa shape index (κ2) is 2.25. The maximum Gasteiger partial charge on any atom is 0.0159 e. The van der Waals surface area contributed by atoms with Crippen LogP contribution in [0.4, 0.5) is 0 Å². The molecule has 1 heteroatoms. The fourth-order valence-electron chi connectivity index (χ4n) is 3.44. The molecule has 1 nitrogen and oxygen atoms in total. The second-order valence-corrected chi connectivity index (χ2v) is 5.61.